The molecule has 2 heterocycles. The van der Waals surface area contributed by atoms with Crippen LogP contribution in [0.25, 0.3) is 17.1 Å². The van der Waals surface area contributed by atoms with E-state index in [1.54, 1.807) is 24.8 Å². The molecule has 0 N–H and O–H groups in total. The average Bonchev–Trinajstić information content (AvgIpc) is 3.34. The van der Waals surface area contributed by atoms with Crippen LogP contribution in [0.5, 0.6) is 0 Å². The van der Waals surface area contributed by atoms with Gasteiger partial charge in [-0.1, -0.05) is 65.3 Å². The molecule has 1 saturated heterocycles. The maximum absolute atomic E-state index is 12.7. The third kappa shape index (κ3) is 7.06. The molecule has 2 aromatic carbocycles. The van der Waals surface area contributed by atoms with E-state index in [4.69, 9.17) is 27.9 Å². The maximum atomic E-state index is 12.7. The highest BCUT2D eigenvalue weighted by Gasteiger charge is 2.29. The predicted molar refractivity (Wildman–Crippen MR) is 147 cm³/mol. The first-order valence-corrected chi connectivity index (χ1v) is 14.3. The molecule has 3 aromatic rings. The van der Waals surface area contributed by atoms with Gasteiger partial charge in [-0.3, -0.25) is 14.2 Å². The molecule has 0 spiro atoms. The number of carbonyl (C=O) groups is 2. The number of unbranched alkanes of at least 4 members (excludes halogenated alkanes) is 1. The van der Waals surface area contributed by atoms with Gasteiger partial charge in [0.25, 0.3) is 0 Å². The number of halogens is 2. The summed E-state index contributed by atoms with van der Waals surface area (Å²) in [4.78, 5) is 26.6. The Labute approximate surface area is 231 Å². The summed E-state index contributed by atoms with van der Waals surface area (Å²) in [5.74, 6) is 1.20. The molecule has 0 aliphatic carbocycles. The van der Waals surface area contributed by atoms with E-state index in [2.05, 4.69) is 10.2 Å². The first-order valence-electron chi connectivity index (χ1n) is 12.5. The Bertz CT molecular complexity index is 1220. The Kier molecular flexibility index (Phi) is 9.88. The number of amides is 1. The number of hydrogen-bond acceptors (Lipinski definition) is 6. The standard InChI is InChI=1S/C27H30Cl2N4O3S/c1-2-36-26(35)20-11-8-15-32(18-20)24(34)12-6-7-16-37-27-31-30-25(19-9-4-3-5-10-19)33(27)21-13-14-22(28)23(29)17-21/h3-5,9-10,13-14,17,20H,2,6-8,11-12,15-16,18H2,1H3. The quantitative estimate of drug-likeness (QED) is 0.164. The number of ether oxygens (including phenoxy) is 1. The van der Waals surface area contributed by atoms with Crippen LogP contribution < -0.4 is 0 Å². The Morgan fingerprint density at radius 1 is 1.08 bits per heavy atom. The number of esters is 1. The van der Waals surface area contributed by atoms with Crippen LogP contribution in [0.3, 0.4) is 0 Å². The van der Waals surface area contributed by atoms with Crippen molar-refractivity contribution in [2.45, 2.75) is 44.2 Å². The van der Waals surface area contributed by atoms with E-state index in [9.17, 15) is 9.59 Å². The van der Waals surface area contributed by atoms with Crippen molar-refractivity contribution in [3.05, 3.63) is 58.6 Å². The fourth-order valence-electron chi connectivity index (χ4n) is 4.35. The summed E-state index contributed by atoms with van der Waals surface area (Å²) in [6.07, 6.45) is 3.69. The second-order valence-electron chi connectivity index (χ2n) is 8.84. The smallest absolute Gasteiger partial charge is 0.310 e. The minimum Gasteiger partial charge on any atom is -0.466 e. The number of rotatable bonds is 10. The fourth-order valence-corrected chi connectivity index (χ4v) is 5.59. The number of aromatic nitrogens is 3. The van der Waals surface area contributed by atoms with Crippen LogP contribution in [-0.4, -0.2) is 57.0 Å². The molecule has 196 valence electrons. The van der Waals surface area contributed by atoms with Gasteiger partial charge in [-0.25, -0.2) is 0 Å². The molecular formula is C27H30Cl2N4O3S. The van der Waals surface area contributed by atoms with Crippen LogP contribution >= 0.6 is 35.0 Å². The number of piperidine rings is 1. The van der Waals surface area contributed by atoms with Crippen LogP contribution in [0.2, 0.25) is 10.0 Å². The lowest BCUT2D eigenvalue weighted by Gasteiger charge is -2.31. The lowest BCUT2D eigenvalue weighted by molar-refractivity contribution is -0.151. The van der Waals surface area contributed by atoms with Crippen molar-refractivity contribution in [2.24, 2.45) is 5.92 Å². The Balaban J connectivity index is 1.35. The molecule has 1 aromatic heterocycles. The maximum Gasteiger partial charge on any atom is 0.310 e. The first-order chi connectivity index (χ1) is 18.0. The van der Waals surface area contributed by atoms with Gasteiger partial charge >= 0.3 is 5.97 Å². The van der Waals surface area contributed by atoms with Gasteiger partial charge in [-0.2, -0.15) is 0 Å². The molecule has 4 rings (SSSR count). The second kappa shape index (κ2) is 13.3. The van der Waals surface area contributed by atoms with Gasteiger partial charge in [0.1, 0.15) is 0 Å². The lowest BCUT2D eigenvalue weighted by Crippen LogP contribution is -2.42. The van der Waals surface area contributed by atoms with E-state index in [0.29, 0.717) is 36.2 Å². The number of likely N-dealkylation sites (tertiary alicyclic amines) is 1. The van der Waals surface area contributed by atoms with Crippen molar-refractivity contribution >= 4 is 46.8 Å². The molecule has 0 radical (unpaired) electrons. The summed E-state index contributed by atoms with van der Waals surface area (Å²) in [7, 11) is 0. The van der Waals surface area contributed by atoms with E-state index in [-0.39, 0.29) is 17.8 Å². The predicted octanol–water partition coefficient (Wildman–Crippen LogP) is 6.31. The summed E-state index contributed by atoms with van der Waals surface area (Å²) in [5, 5.41) is 10.6. The normalized spacial score (nSPS) is 15.5. The summed E-state index contributed by atoms with van der Waals surface area (Å²) in [5.41, 5.74) is 1.78. The van der Waals surface area contributed by atoms with E-state index in [1.807, 2.05) is 51.9 Å². The molecule has 1 aliphatic heterocycles. The van der Waals surface area contributed by atoms with E-state index in [1.165, 1.54) is 0 Å². The topological polar surface area (TPSA) is 77.3 Å². The Morgan fingerprint density at radius 2 is 1.89 bits per heavy atom. The molecule has 10 heteroatoms. The van der Waals surface area contributed by atoms with Crippen LogP contribution in [0.15, 0.2) is 53.7 Å². The molecule has 1 unspecified atom stereocenters. The number of benzene rings is 2. The Hall–Kier alpha value is -2.55. The third-order valence-electron chi connectivity index (χ3n) is 6.24. The van der Waals surface area contributed by atoms with Gasteiger partial charge in [0.05, 0.1) is 28.3 Å². The average molecular weight is 562 g/mol. The minimum absolute atomic E-state index is 0.101. The zero-order valence-electron chi connectivity index (χ0n) is 20.7. The molecule has 37 heavy (non-hydrogen) atoms. The van der Waals surface area contributed by atoms with Gasteiger partial charge in [-0.05, 0) is 50.8 Å². The summed E-state index contributed by atoms with van der Waals surface area (Å²) >= 11 is 14.0. The monoisotopic (exact) mass is 560 g/mol. The number of hydrogen-bond donors (Lipinski definition) is 0. The molecule has 1 aliphatic rings. The highest BCUT2D eigenvalue weighted by Crippen LogP contribution is 2.31. The molecule has 7 nitrogen and oxygen atoms in total. The number of nitrogens with zero attached hydrogens (tertiary/aromatic N) is 4. The van der Waals surface area contributed by atoms with Gasteiger partial charge in [0, 0.05) is 30.8 Å². The van der Waals surface area contributed by atoms with Crippen LogP contribution in [0.1, 0.15) is 39.0 Å². The van der Waals surface area contributed by atoms with Gasteiger partial charge in [0.15, 0.2) is 11.0 Å². The lowest BCUT2D eigenvalue weighted by atomic mass is 9.98. The van der Waals surface area contributed by atoms with Crippen molar-refractivity contribution in [1.82, 2.24) is 19.7 Å². The van der Waals surface area contributed by atoms with Gasteiger partial charge < -0.3 is 9.64 Å². The second-order valence-corrected chi connectivity index (χ2v) is 10.7. The van der Waals surface area contributed by atoms with E-state index < -0.39 is 0 Å². The molecule has 1 amide bonds. The minimum atomic E-state index is -0.209. The first kappa shape index (κ1) is 27.5. The van der Waals surface area contributed by atoms with Crippen molar-refractivity contribution in [3.8, 4) is 17.1 Å². The Morgan fingerprint density at radius 3 is 2.65 bits per heavy atom. The molecule has 0 saturated carbocycles. The zero-order chi connectivity index (χ0) is 26.2. The SMILES string of the molecule is CCOC(=O)C1CCCN(C(=O)CCCCSc2nnc(-c3ccccc3)n2-c2ccc(Cl)c(Cl)c2)C1. The van der Waals surface area contributed by atoms with Crippen molar-refractivity contribution < 1.29 is 14.3 Å². The van der Waals surface area contributed by atoms with E-state index in [0.717, 1.165) is 53.7 Å². The molecule has 1 fully saturated rings. The summed E-state index contributed by atoms with van der Waals surface area (Å²) < 4.78 is 7.12. The van der Waals surface area contributed by atoms with Crippen LogP contribution in [0.4, 0.5) is 0 Å². The fraction of sp³-hybridized carbons (Fsp3) is 0.407. The number of thioether (sulfide) groups is 1. The molecule has 1 atom stereocenters. The largest absolute Gasteiger partial charge is 0.466 e. The highest BCUT2D eigenvalue weighted by atomic mass is 35.5. The van der Waals surface area contributed by atoms with Crippen LogP contribution in [-0.2, 0) is 14.3 Å². The highest BCUT2D eigenvalue weighted by molar-refractivity contribution is 7.99. The van der Waals surface area contributed by atoms with Gasteiger partial charge in [-0.15, -0.1) is 10.2 Å². The van der Waals surface area contributed by atoms with Crippen molar-refractivity contribution in [3.63, 3.8) is 0 Å². The summed E-state index contributed by atoms with van der Waals surface area (Å²) in [6, 6.07) is 15.3. The molecule has 0 bridgehead atoms. The molecular weight excluding hydrogens is 531 g/mol. The summed E-state index contributed by atoms with van der Waals surface area (Å²) in [6.45, 7) is 3.34. The third-order valence-corrected chi connectivity index (χ3v) is 7.99. The van der Waals surface area contributed by atoms with Crippen molar-refractivity contribution in [2.75, 3.05) is 25.4 Å². The van der Waals surface area contributed by atoms with Crippen LogP contribution in [0, 0.1) is 5.92 Å². The van der Waals surface area contributed by atoms with E-state index >= 15 is 0 Å². The zero-order valence-corrected chi connectivity index (χ0v) is 23.1. The number of carbonyl (C=O) groups excluding carboxylic acids is 2. The van der Waals surface area contributed by atoms with Crippen molar-refractivity contribution in [1.29, 1.82) is 0 Å². The van der Waals surface area contributed by atoms with Gasteiger partial charge in [0.2, 0.25) is 5.91 Å².